The summed E-state index contributed by atoms with van der Waals surface area (Å²) in [6, 6.07) is 5.32. The summed E-state index contributed by atoms with van der Waals surface area (Å²) in [5, 5.41) is 0.557. The minimum Gasteiger partial charge on any atom is -0.398 e. The Balaban J connectivity index is 2.25. The van der Waals surface area contributed by atoms with E-state index in [4.69, 9.17) is 17.3 Å². The van der Waals surface area contributed by atoms with Crippen molar-refractivity contribution in [3.63, 3.8) is 0 Å². The minimum atomic E-state index is 0.0151. The number of likely N-dealkylation sites (N-methyl/N-ethyl adjacent to an activating group) is 1. The Morgan fingerprint density at radius 3 is 2.85 bits per heavy atom. The van der Waals surface area contributed by atoms with Gasteiger partial charge in [-0.05, 0) is 44.6 Å². The van der Waals surface area contributed by atoms with E-state index in [9.17, 15) is 4.79 Å². The van der Waals surface area contributed by atoms with Crippen molar-refractivity contribution in [2.45, 2.75) is 25.8 Å². The molecule has 0 saturated carbocycles. The molecule has 0 radical (unpaired) electrons. The molecular formula is C15H22ClN3O. The molecule has 1 unspecified atom stereocenters. The maximum absolute atomic E-state index is 12.7. The molecule has 0 spiro atoms. The lowest BCUT2D eigenvalue weighted by Gasteiger charge is -2.30. The summed E-state index contributed by atoms with van der Waals surface area (Å²) in [4.78, 5) is 17.0. The van der Waals surface area contributed by atoms with Crippen molar-refractivity contribution in [1.29, 1.82) is 0 Å². The third-order valence-electron chi connectivity index (χ3n) is 3.88. The number of hydrogen-bond acceptors (Lipinski definition) is 3. The minimum absolute atomic E-state index is 0.0151. The fourth-order valence-electron chi connectivity index (χ4n) is 2.74. The lowest BCUT2D eigenvalue weighted by Crippen LogP contribution is -2.43. The molecular weight excluding hydrogens is 274 g/mol. The zero-order valence-corrected chi connectivity index (χ0v) is 12.9. The van der Waals surface area contributed by atoms with Crippen LogP contribution in [0.5, 0.6) is 0 Å². The predicted molar refractivity (Wildman–Crippen MR) is 83.1 cm³/mol. The van der Waals surface area contributed by atoms with Gasteiger partial charge in [-0.15, -0.1) is 0 Å². The highest BCUT2D eigenvalue weighted by atomic mass is 35.5. The van der Waals surface area contributed by atoms with Crippen LogP contribution in [-0.4, -0.2) is 48.4 Å². The summed E-state index contributed by atoms with van der Waals surface area (Å²) in [5.74, 6) is 0.0151. The number of carbonyl (C=O) groups excluding carboxylic acids is 1. The van der Waals surface area contributed by atoms with E-state index in [0.717, 1.165) is 32.5 Å². The van der Waals surface area contributed by atoms with Crippen LogP contribution in [0.1, 0.15) is 30.1 Å². The van der Waals surface area contributed by atoms with Crippen molar-refractivity contribution in [3.05, 3.63) is 28.8 Å². The van der Waals surface area contributed by atoms with Crippen molar-refractivity contribution in [1.82, 2.24) is 9.80 Å². The van der Waals surface area contributed by atoms with E-state index >= 15 is 0 Å². The fraction of sp³-hybridized carbons (Fsp3) is 0.533. The van der Waals surface area contributed by atoms with Gasteiger partial charge in [-0.1, -0.05) is 18.5 Å². The number of rotatable bonds is 2. The van der Waals surface area contributed by atoms with Crippen LogP contribution in [-0.2, 0) is 0 Å². The molecule has 0 aliphatic carbocycles. The van der Waals surface area contributed by atoms with Crippen LogP contribution in [0.4, 0.5) is 5.69 Å². The Hall–Kier alpha value is -1.26. The number of carbonyl (C=O) groups is 1. The summed E-state index contributed by atoms with van der Waals surface area (Å²) in [7, 11) is 2.10. The van der Waals surface area contributed by atoms with Crippen molar-refractivity contribution in [2.75, 3.05) is 32.4 Å². The molecule has 1 fully saturated rings. The van der Waals surface area contributed by atoms with Gasteiger partial charge in [0, 0.05) is 29.8 Å². The van der Waals surface area contributed by atoms with E-state index in [1.165, 1.54) is 0 Å². The standard InChI is InChI=1S/C15H22ClN3O/c1-3-12-10-18(2)7-4-8-19(12)15(20)13-6-5-11(16)9-14(13)17/h5-6,9,12H,3-4,7-8,10,17H2,1-2H3. The smallest absolute Gasteiger partial charge is 0.256 e. The summed E-state index contributed by atoms with van der Waals surface area (Å²) in [6.07, 6.45) is 1.94. The summed E-state index contributed by atoms with van der Waals surface area (Å²) >= 11 is 5.90. The first kappa shape index (κ1) is 15.1. The normalized spacial score (nSPS) is 20.8. The molecule has 1 aliphatic rings. The van der Waals surface area contributed by atoms with E-state index < -0.39 is 0 Å². The van der Waals surface area contributed by atoms with E-state index in [2.05, 4.69) is 18.9 Å². The first-order chi connectivity index (χ1) is 9.52. The van der Waals surface area contributed by atoms with Crippen molar-refractivity contribution in [2.24, 2.45) is 0 Å². The second-order valence-corrected chi connectivity index (χ2v) is 5.84. The third-order valence-corrected chi connectivity index (χ3v) is 4.11. The Morgan fingerprint density at radius 2 is 2.20 bits per heavy atom. The maximum atomic E-state index is 12.7. The highest BCUT2D eigenvalue weighted by Gasteiger charge is 2.27. The Bertz CT molecular complexity index is 492. The third kappa shape index (κ3) is 3.25. The average molecular weight is 296 g/mol. The van der Waals surface area contributed by atoms with Crippen LogP contribution in [0.3, 0.4) is 0 Å². The number of hydrogen-bond donors (Lipinski definition) is 1. The maximum Gasteiger partial charge on any atom is 0.256 e. The van der Waals surface area contributed by atoms with E-state index in [0.29, 0.717) is 16.3 Å². The van der Waals surface area contributed by atoms with Gasteiger partial charge in [-0.2, -0.15) is 0 Å². The van der Waals surface area contributed by atoms with Crippen LogP contribution in [0.15, 0.2) is 18.2 Å². The fourth-order valence-corrected chi connectivity index (χ4v) is 2.92. The molecule has 5 heteroatoms. The van der Waals surface area contributed by atoms with Gasteiger partial charge in [0.25, 0.3) is 5.91 Å². The number of halogens is 1. The molecule has 1 amide bonds. The Morgan fingerprint density at radius 1 is 1.45 bits per heavy atom. The van der Waals surface area contributed by atoms with E-state index in [1.54, 1.807) is 18.2 Å². The SMILES string of the molecule is CCC1CN(C)CCCN1C(=O)c1ccc(Cl)cc1N. The molecule has 20 heavy (non-hydrogen) atoms. The summed E-state index contributed by atoms with van der Waals surface area (Å²) in [5.41, 5.74) is 6.95. The molecule has 1 heterocycles. The predicted octanol–water partition coefficient (Wildman–Crippen LogP) is 2.48. The lowest BCUT2D eigenvalue weighted by atomic mass is 10.1. The van der Waals surface area contributed by atoms with Crippen molar-refractivity contribution >= 4 is 23.2 Å². The number of nitrogen functional groups attached to an aromatic ring is 1. The number of anilines is 1. The molecule has 1 atom stereocenters. The van der Waals surface area contributed by atoms with Crippen molar-refractivity contribution < 1.29 is 4.79 Å². The van der Waals surface area contributed by atoms with Gasteiger partial charge < -0.3 is 15.5 Å². The number of amides is 1. The highest BCUT2D eigenvalue weighted by Crippen LogP contribution is 2.22. The monoisotopic (exact) mass is 295 g/mol. The van der Waals surface area contributed by atoms with E-state index in [1.807, 2.05) is 4.90 Å². The van der Waals surface area contributed by atoms with Crippen LogP contribution in [0.2, 0.25) is 5.02 Å². The first-order valence-corrected chi connectivity index (χ1v) is 7.45. The molecule has 2 N–H and O–H groups in total. The van der Waals surface area contributed by atoms with Crippen LogP contribution in [0.25, 0.3) is 0 Å². The summed E-state index contributed by atoms with van der Waals surface area (Å²) < 4.78 is 0. The highest BCUT2D eigenvalue weighted by molar-refractivity contribution is 6.31. The van der Waals surface area contributed by atoms with Crippen LogP contribution in [0, 0.1) is 0 Å². The van der Waals surface area contributed by atoms with Gasteiger partial charge >= 0.3 is 0 Å². The quantitative estimate of drug-likeness (QED) is 0.853. The molecule has 0 bridgehead atoms. The second-order valence-electron chi connectivity index (χ2n) is 5.41. The Labute approximate surface area is 125 Å². The first-order valence-electron chi connectivity index (χ1n) is 7.07. The van der Waals surface area contributed by atoms with Gasteiger partial charge in [0.1, 0.15) is 0 Å². The topological polar surface area (TPSA) is 49.6 Å². The average Bonchev–Trinajstić information content (AvgIpc) is 2.59. The van der Waals surface area contributed by atoms with Gasteiger partial charge in [-0.25, -0.2) is 0 Å². The molecule has 1 aromatic rings. The van der Waals surface area contributed by atoms with Crippen LogP contribution < -0.4 is 5.73 Å². The molecule has 2 rings (SSSR count). The zero-order chi connectivity index (χ0) is 14.7. The van der Waals surface area contributed by atoms with Gasteiger partial charge in [-0.3, -0.25) is 4.79 Å². The molecule has 110 valence electrons. The number of nitrogens with two attached hydrogens (primary N) is 1. The van der Waals surface area contributed by atoms with Crippen LogP contribution >= 0.6 is 11.6 Å². The van der Waals surface area contributed by atoms with Gasteiger partial charge in [0.15, 0.2) is 0 Å². The number of nitrogens with zero attached hydrogens (tertiary/aromatic N) is 2. The molecule has 4 nitrogen and oxygen atoms in total. The van der Waals surface area contributed by atoms with E-state index in [-0.39, 0.29) is 11.9 Å². The number of benzene rings is 1. The van der Waals surface area contributed by atoms with Gasteiger partial charge in [0.05, 0.1) is 5.56 Å². The molecule has 1 saturated heterocycles. The molecule has 1 aliphatic heterocycles. The largest absolute Gasteiger partial charge is 0.398 e. The second kappa shape index (κ2) is 6.46. The zero-order valence-electron chi connectivity index (χ0n) is 12.1. The summed E-state index contributed by atoms with van der Waals surface area (Å²) in [6.45, 7) is 4.84. The van der Waals surface area contributed by atoms with Gasteiger partial charge in [0.2, 0.25) is 0 Å². The Kier molecular flexibility index (Phi) is 4.89. The van der Waals surface area contributed by atoms with Crippen molar-refractivity contribution in [3.8, 4) is 0 Å². The molecule has 0 aromatic heterocycles. The molecule has 1 aromatic carbocycles. The lowest BCUT2D eigenvalue weighted by molar-refractivity contribution is 0.0677.